The van der Waals surface area contributed by atoms with Crippen LogP contribution in [0.3, 0.4) is 0 Å². The van der Waals surface area contributed by atoms with Crippen molar-refractivity contribution in [2.45, 2.75) is 11.7 Å². The lowest BCUT2D eigenvalue weighted by atomic mass is 10.2. The molecule has 25 heavy (non-hydrogen) atoms. The standard InChI is InChI=1S/C13H11N5O4S3/c19-8(16-11-14-1-3-23-11)5-7-10(21)18(13(22)25-7)6-9(20)17-12-15-2-4-24-12/h1-4,7H,5-6H2,(H,14,16,19)(H,15,17,20). The number of aromatic nitrogens is 2. The van der Waals surface area contributed by atoms with Gasteiger partial charge in [0.15, 0.2) is 10.3 Å². The molecule has 4 amide bonds. The topological polar surface area (TPSA) is 121 Å². The van der Waals surface area contributed by atoms with Crippen molar-refractivity contribution in [3.05, 3.63) is 23.2 Å². The molecule has 0 aromatic carbocycles. The lowest BCUT2D eigenvalue weighted by Gasteiger charge is -2.12. The minimum atomic E-state index is -0.847. The summed E-state index contributed by atoms with van der Waals surface area (Å²) in [5.74, 6) is -1.49. The molecule has 1 aliphatic rings. The third-order valence-electron chi connectivity index (χ3n) is 3.03. The van der Waals surface area contributed by atoms with Crippen molar-refractivity contribution >= 4 is 67.7 Å². The molecule has 0 saturated carbocycles. The quantitative estimate of drug-likeness (QED) is 0.760. The number of anilines is 2. The van der Waals surface area contributed by atoms with Gasteiger partial charge in [0.05, 0.1) is 0 Å². The smallest absolute Gasteiger partial charge is 0.289 e. The molecule has 0 bridgehead atoms. The molecule has 3 heterocycles. The summed E-state index contributed by atoms with van der Waals surface area (Å²) in [5, 5.41) is 7.86. The fourth-order valence-corrected chi connectivity index (χ4v) is 4.06. The Morgan fingerprint density at radius 3 is 2.20 bits per heavy atom. The number of carbonyl (C=O) groups excluding carboxylic acids is 4. The predicted molar refractivity (Wildman–Crippen MR) is 94.6 cm³/mol. The Kier molecular flexibility index (Phi) is 5.40. The molecule has 1 saturated heterocycles. The van der Waals surface area contributed by atoms with Gasteiger partial charge in [-0.15, -0.1) is 22.7 Å². The molecule has 2 aromatic heterocycles. The van der Waals surface area contributed by atoms with Gasteiger partial charge in [0.25, 0.3) is 5.24 Å². The first kappa shape index (κ1) is 17.5. The number of imide groups is 1. The van der Waals surface area contributed by atoms with Crippen molar-refractivity contribution < 1.29 is 19.2 Å². The summed E-state index contributed by atoms with van der Waals surface area (Å²) in [7, 11) is 0. The van der Waals surface area contributed by atoms with E-state index in [9.17, 15) is 19.2 Å². The van der Waals surface area contributed by atoms with Crippen molar-refractivity contribution in [3.8, 4) is 0 Å². The van der Waals surface area contributed by atoms with Crippen molar-refractivity contribution in [1.82, 2.24) is 14.9 Å². The van der Waals surface area contributed by atoms with Crippen LogP contribution in [0.2, 0.25) is 0 Å². The van der Waals surface area contributed by atoms with Gasteiger partial charge in [-0.1, -0.05) is 11.8 Å². The summed E-state index contributed by atoms with van der Waals surface area (Å²) in [5.41, 5.74) is 0. The third kappa shape index (κ3) is 4.41. The van der Waals surface area contributed by atoms with Gasteiger partial charge in [0, 0.05) is 29.6 Å². The highest BCUT2D eigenvalue weighted by Crippen LogP contribution is 2.29. The zero-order valence-corrected chi connectivity index (χ0v) is 14.9. The number of thioether (sulfide) groups is 1. The number of carbonyl (C=O) groups is 4. The number of amides is 4. The van der Waals surface area contributed by atoms with Crippen LogP contribution in [0.5, 0.6) is 0 Å². The summed E-state index contributed by atoms with van der Waals surface area (Å²) in [6.07, 6.45) is 2.90. The second kappa shape index (κ2) is 7.72. The molecule has 1 atom stereocenters. The van der Waals surface area contributed by atoms with E-state index in [4.69, 9.17) is 0 Å². The first-order valence-corrected chi connectivity index (χ1v) is 9.57. The summed E-state index contributed by atoms with van der Waals surface area (Å²) in [6.45, 7) is -0.408. The lowest BCUT2D eigenvalue weighted by molar-refractivity contribution is -0.131. The van der Waals surface area contributed by atoms with Crippen LogP contribution in [-0.2, 0) is 14.4 Å². The molecule has 130 valence electrons. The van der Waals surface area contributed by atoms with E-state index in [1.54, 1.807) is 17.0 Å². The zero-order chi connectivity index (χ0) is 17.8. The van der Waals surface area contributed by atoms with Crippen LogP contribution in [0.1, 0.15) is 6.42 Å². The van der Waals surface area contributed by atoms with Gasteiger partial charge in [-0.25, -0.2) is 9.97 Å². The minimum absolute atomic E-state index is 0.167. The van der Waals surface area contributed by atoms with Gasteiger partial charge in [0.1, 0.15) is 11.8 Å². The molecule has 2 N–H and O–H groups in total. The number of thiazole rings is 2. The Labute approximate surface area is 153 Å². The molecule has 0 spiro atoms. The number of hydrogen-bond donors (Lipinski definition) is 2. The molecule has 9 nitrogen and oxygen atoms in total. The number of rotatable bonds is 6. The zero-order valence-electron chi connectivity index (χ0n) is 12.5. The first-order chi connectivity index (χ1) is 12.0. The maximum Gasteiger partial charge on any atom is 0.289 e. The molecule has 0 aliphatic carbocycles. The Morgan fingerprint density at radius 1 is 1.04 bits per heavy atom. The second-order valence-electron chi connectivity index (χ2n) is 4.77. The molecule has 12 heteroatoms. The molecule has 1 aliphatic heterocycles. The van der Waals surface area contributed by atoms with E-state index in [1.165, 1.54) is 28.9 Å². The van der Waals surface area contributed by atoms with E-state index in [-0.39, 0.29) is 6.42 Å². The van der Waals surface area contributed by atoms with Gasteiger partial charge in [-0.3, -0.25) is 24.1 Å². The summed E-state index contributed by atoms with van der Waals surface area (Å²) in [6, 6.07) is 0. The maximum absolute atomic E-state index is 12.3. The normalized spacial score (nSPS) is 17.0. The molecule has 2 aromatic rings. The monoisotopic (exact) mass is 397 g/mol. The van der Waals surface area contributed by atoms with E-state index in [1.807, 2.05) is 0 Å². The summed E-state index contributed by atoms with van der Waals surface area (Å²) >= 11 is 3.22. The van der Waals surface area contributed by atoms with Crippen LogP contribution in [0, 0.1) is 0 Å². The van der Waals surface area contributed by atoms with Crippen LogP contribution in [0.4, 0.5) is 15.1 Å². The average molecular weight is 397 g/mol. The highest BCUT2D eigenvalue weighted by molar-refractivity contribution is 8.15. The molecule has 1 fully saturated rings. The van der Waals surface area contributed by atoms with Crippen molar-refractivity contribution in [2.24, 2.45) is 0 Å². The van der Waals surface area contributed by atoms with E-state index in [0.717, 1.165) is 16.7 Å². The second-order valence-corrected chi connectivity index (χ2v) is 7.71. The Bertz CT molecular complexity index is 793. The lowest BCUT2D eigenvalue weighted by Crippen LogP contribution is -2.38. The Hall–Kier alpha value is -2.31. The molecular weight excluding hydrogens is 386 g/mol. The predicted octanol–water partition coefficient (Wildman–Crippen LogP) is 1.63. The number of nitrogens with one attached hydrogen (secondary N) is 2. The highest BCUT2D eigenvalue weighted by atomic mass is 32.2. The minimum Gasteiger partial charge on any atom is -0.302 e. The molecule has 0 radical (unpaired) electrons. The molecule has 1 unspecified atom stereocenters. The average Bonchev–Trinajstić information content (AvgIpc) is 3.28. The SMILES string of the molecule is O=C(CC1SC(=O)N(CC(=O)Nc2nccs2)C1=O)Nc1nccs1. The van der Waals surface area contributed by atoms with Gasteiger partial charge < -0.3 is 10.6 Å². The Morgan fingerprint density at radius 2 is 1.64 bits per heavy atom. The van der Waals surface area contributed by atoms with Crippen LogP contribution < -0.4 is 10.6 Å². The largest absolute Gasteiger partial charge is 0.302 e. The summed E-state index contributed by atoms with van der Waals surface area (Å²) < 4.78 is 0. The van der Waals surface area contributed by atoms with Gasteiger partial charge in [-0.2, -0.15) is 0 Å². The fourth-order valence-electron chi connectivity index (χ4n) is 1.98. The van der Waals surface area contributed by atoms with Gasteiger partial charge >= 0.3 is 0 Å². The van der Waals surface area contributed by atoms with Crippen molar-refractivity contribution in [3.63, 3.8) is 0 Å². The van der Waals surface area contributed by atoms with Gasteiger partial charge in [-0.05, 0) is 0 Å². The third-order valence-corrected chi connectivity index (χ3v) is 5.49. The van der Waals surface area contributed by atoms with Crippen LogP contribution in [0.25, 0.3) is 0 Å². The van der Waals surface area contributed by atoms with E-state index in [0.29, 0.717) is 10.3 Å². The number of hydrogen-bond acceptors (Lipinski definition) is 9. The van der Waals surface area contributed by atoms with Gasteiger partial charge in [0.2, 0.25) is 17.7 Å². The van der Waals surface area contributed by atoms with E-state index in [2.05, 4.69) is 20.6 Å². The Balaban J connectivity index is 1.54. The summed E-state index contributed by atoms with van der Waals surface area (Å²) in [4.78, 5) is 56.7. The molecule has 3 rings (SSSR count). The fraction of sp³-hybridized carbons (Fsp3) is 0.231. The van der Waals surface area contributed by atoms with Crippen LogP contribution in [-0.4, -0.2) is 49.6 Å². The van der Waals surface area contributed by atoms with E-state index < -0.39 is 34.8 Å². The van der Waals surface area contributed by atoms with Crippen LogP contribution in [0.15, 0.2) is 23.2 Å². The van der Waals surface area contributed by atoms with E-state index >= 15 is 0 Å². The van der Waals surface area contributed by atoms with Crippen molar-refractivity contribution in [2.75, 3.05) is 17.2 Å². The number of nitrogens with zero attached hydrogens (tertiary/aromatic N) is 3. The van der Waals surface area contributed by atoms with Crippen LogP contribution >= 0.6 is 34.4 Å². The maximum atomic E-state index is 12.3. The van der Waals surface area contributed by atoms with Crippen molar-refractivity contribution in [1.29, 1.82) is 0 Å². The highest BCUT2D eigenvalue weighted by Gasteiger charge is 2.41. The molecular formula is C13H11N5O4S3. The first-order valence-electron chi connectivity index (χ1n) is 6.93.